The van der Waals surface area contributed by atoms with Gasteiger partial charge in [0.15, 0.2) is 0 Å². The molecule has 0 bridgehead atoms. The van der Waals surface area contributed by atoms with E-state index in [9.17, 15) is 0 Å². The molecular weight excluding hydrogens is 380 g/mol. The van der Waals surface area contributed by atoms with E-state index in [1.165, 1.54) is 0 Å². The summed E-state index contributed by atoms with van der Waals surface area (Å²) in [7, 11) is 0. The highest BCUT2D eigenvalue weighted by molar-refractivity contribution is 9.10. The monoisotopic (exact) mass is 392 g/mol. The van der Waals surface area contributed by atoms with Crippen molar-refractivity contribution in [2.24, 2.45) is 10.2 Å². The van der Waals surface area contributed by atoms with E-state index in [4.69, 9.17) is 0 Å². The van der Waals surface area contributed by atoms with Crippen LogP contribution in [-0.2, 0) is 0 Å². The fourth-order valence-corrected chi connectivity index (χ4v) is 2.49. The third kappa shape index (κ3) is 4.12. The van der Waals surface area contributed by atoms with Crippen molar-refractivity contribution in [3.8, 4) is 0 Å². The van der Waals surface area contributed by atoms with Crippen LogP contribution in [0.15, 0.2) is 67.7 Å². The molecule has 4 heteroatoms. The predicted octanol–water partition coefficient (Wildman–Crippen LogP) is 5.44. The topological polar surface area (TPSA) is 24.7 Å². The molecule has 0 aliphatic carbocycles. The summed E-state index contributed by atoms with van der Waals surface area (Å²) in [6.45, 7) is 3.92. The number of benzene rings is 2. The molecule has 0 N–H and O–H groups in total. The second kappa shape index (κ2) is 6.95. The summed E-state index contributed by atoms with van der Waals surface area (Å²) in [5.41, 5.74) is 3.90. The fourth-order valence-electron chi connectivity index (χ4n) is 1.69. The van der Waals surface area contributed by atoms with Gasteiger partial charge >= 0.3 is 0 Å². The lowest BCUT2D eigenvalue weighted by Crippen LogP contribution is -1.97. The first-order valence-corrected chi connectivity index (χ1v) is 7.75. The van der Waals surface area contributed by atoms with E-state index in [1.807, 2.05) is 62.4 Å². The molecule has 102 valence electrons. The van der Waals surface area contributed by atoms with Gasteiger partial charge in [-0.1, -0.05) is 56.1 Å². The van der Waals surface area contributed by atoms with Crippen molar-refractivity contribution in [1.82, 2.24) is 0 Å². The molecule has 0 saturated carbocycles. The van der Waals surface area contributed by atoms with Gasteiger partial charge in [0.25, 0.3) is 0 Å². The van der Waals surface area contributed by atoms with Crippen LogP contribution in [0.4, 0.5) is 0 Å². The third-order valence-corrected chi connectivity index (χ3v) is 3.82. The average Bonchev–Trinajstić information content (AvgIpc) is 2.44. The molecule has 2 nitrogen and oxygen atoms in total. The van der Waals surface area contributed by atoms with Crippen molar-refractivity contribution in [2.45, 2.75) is 13.8 Å². The molecule has 0 fully saturated rings. The maximum atomic E-state index is 4.31. The SMILES string of the molecule is CC(=NN=C(C)c1cccc(Br)c1)c1cccc(Br)c1. The molecule has 20 heavy (non-hydrogen) atoms. The van der Waals surface area contributed by atoms with Crippen molar-refractivity contribution in [3.05, 3.63) is 68.6 Å². The van der Waals surface area contributed by atoms with E-state index < -0.39 is 0 Å². The molecule has 0 saturated heterocycles. The van der Waals surface area contributed by atoms with Gasteiger partial charge in [0.05, 0.1) is 11.4 Å². The van der Waals surface area contributed by atoms with Gasteiger partial charge in [0.2, 0.25) is 0 Å². The van der Waals surface area contributed by atoms with Crippen LogP contribution >= 0.6 is 31.9 Å². The highest BCUT2D eigenvalue weighted by Gasteiger charge is 2.00. The molecule has 0 aromatic heterocycles. The van der Waals surface area contributed by atoms with Crippen molar-refractivity contribution in [1.29, 1.82) is 0 Å². The summed E-state index contributed by atoms with van der Waals surface area (Å²) in [5.74, 6) is 0. The van der Waals surface area contributed by atoms with Gasteiger partial charge in [0.1, 0.15) is 0 Å². The maximum absolute atomic E-state index is 4.31. The van der Waals surface area contributed by atoms with Crippen LogP contribution in [0.1, 0.15) is 25.0 Å². The first-order valence-electron chi connectivity index (χ1n) is 6.17. The number of hydrogen-bond donors (Lipinski definition) is 0. The number of nitrogens with zero attached hydrogens (tertiary/aromatic N) is 2. The van der Waals surface area contributed by atoms with E-state index in [1.54, 1.807) is 0 Å². The molecular formula is C16H14Br2N2. The average molecular weight is 394 g/mol. The Balaban J connectivity index is 2.24. The largest absolute Gasteiger partial charge is 0.155 e. The van der Waals surface area contributed by atoms with Crippen molar-refractivity contribution >= 4 is 43.3 Å². The highest BCUT2D eigenvalue weighted by Crippen LogP contribution is 2.14. The van der Waals surface area contributed by atoms with Crippen LogP contribution in [0.2, 0.25) is 0 Å². The third-order valence-electron chi connectivity index (χ3n) is 2.83. The van der Waals surface area contributed by atoms with Crippen LogP contribution < -0.4 is 0 Å². The molecule has 2 aromatic rings. The maximum Gasteiger partial charge on any atom is 0.0672 e. The van der Waals surface area contributed by atoms with Crippen LogP contribution in [0.3, 0.4) is 0 Å². The van der Waals surface area contributed by atoms with E-state index in [0.717, 1.165) is 31.5 Å². The summed E-state index contributed by atoms with van der Waals surface area (Å²) in [4.78, 5) is 0. The molecule has 0 atom stereocenters. The van der Waals surface area contributed by atoms with Crippen molar-refractivity contribution < 1.29 is 0 Å². The Bertz CT molecular complexity index is 616. The lowest BCUT2D eigenvalue weighted by atomic mass is 10.1. The zero-order valence-electron chi connectivity index (χ0n) is 11.3. The zero-order valence-corrected chi connectivity index (χ0v) is 14.4. The zero-order chi connectivity index (χ0) is 14.5. The molecule has 0 spiro atoms. The first kappa shape index (κ1) is 15.1. The van der Waals surface area contributed by atoms with E-state index in [2.05, 4.69) is 42.1 Å². The summed E-state index contributed by atoms with van der Waals surface area (Å²) >= 11 is 6.92. The smallest absolute Gasteiger partial charge is 0.0672 e. The Morgan fingerprint density at radius 3 is 1.50 bits per heavy atom. The van der Waals surface area contributed by atoms with E-state index >= 15 is 0 Å². The molecule has 0 aliphatic rings. The summed E-state index contributed by atoms with van der Waals surface area (Å²) in [6.07, 6.45) is 0. The van der Waals surface area contributed by atoms with Crippen molar-refractivity contribution in [2.75, 3.05) is 0 Å². The highest BCUT2D eigenvalue weighted by atomic mass is 79.9. The molecule has 0 radical (unpaired) electrons. The molecule has 2 aromatic carbocycles. The Labute approximate surface area is 135 Å². The normalized spacial score (nSPS) is 12.6. The van der Waals surface area contributed by atoms with E-state index in [-0.39, 0.29) is 0 Å². The van der Waals surface area contributed by atoms with Gasteiger partial charge in [-0.2, -0.15) is 10.2 Å². The van der Waals surface area contributed by atoms with Crippen LogP contribution in [0.5, 0.6) is 0 Å². The van der Waals surface area contributed by atoms with E-state index in [0.29, 0.717) is 0 Å². The number of halogens is 2. The Morgan fingerprint density at radius 1 is 0.750 bits per heavy atom. The standard InChI is InChI=1S/C16H14Br2N2/c1-11(13-5-3-7-15(17)9-13)19-20-12(2)14-6-4-8-16(18)10-14/h3-10H,1-2H3. The van der Waals surface area contributed by atoms with Gasteiger partial charge in [0, 0.05) is 8.95 Å². The van der Waals surface area contributed by atoms with Gasteiger partial charge in [-0.3, -0.25) is 0 Å². The molecule has 0 aliphatic heterocycles. The number of rotatable bonds is 3. The first-order chi connectivity index (χ1) is 9.56. The summed E-state index contributed by atoms with van der Waals surface area (Å²) < 4.78 is 2.08. The summed E-state index contributed by atoms with van der Waals surface area (Å²) in [6, 6.07) is 16.1. The molecule has 0 heterocycles. The summed E-state index contributed by atoms with van der Waals surface area (Å²) in [5, 5.41) is 8.62. The second-order valence-electron chi connectivity index (χ2n) is 4.39. The fraction of sp³-hybridized carbons (Fsp3) is 0.125. The molecule has 0 amide bonds. The second-order valence-corrected chi connectivity index (χ2v) is 6.22. The van der Waals surface area contributed by atoms with Crippen LogP contribution in [0, 0.1) is 0 Å². The lowest BCUT2D eigenvalue weighted by Gasteiger charge is -2.01. The van der Waals surface area contributed by atoms with Gasteiger partial charge in [-0.15, -0.1) is 0 Å². The molecule has 0 unspecified atom stereocenters. The van der Waals surface area contributed by atoms with Gasteiger partial charge in [-0.25, -0.2) is 0 Å². The lowest BCUT2D eigenvalue weighted by molar-refractivity contribution is 1.22. The Morgan fingerprint density at radius 2 is 1.15 bits per heavy atom. The Hall–Kier alpha value is -1.26. The minimum atomic E-state index is 0.889. The van der Waals surface area contributed by atoms with Crippen LogP contribution in [-0.4, -0.2) is 11.4 Å². The van der Waals surface area contributed by atoms with Gasteiger partial charge in [-0.05, 0) is 49.2 Å². The quantitative estimate of drug-likeness (QED) is 0.489. The van der Waals surface area contributed by atoms with Crippen molar-refractivity contribution in [3.63, 3.8) is 0 Å². The van der Waals surface area contributed by atoms with Crippen LogP contribution in [0.25, 0.3) is 0 Å². The minimum Gasteiger partial charge on any atom is -0.155 e. The number of hydrogen-bond acceptors (Lipinski definition) is 2. The Kier molecular flexibility index (Phi) is 5.26. The van der Waals surface area contributed by atoms with Gasteiger partial charge < -0.3 is 0 Å². The predicted molar refractivity (Wildman–Crippen MR) is 92.7 cm³/mol. The minimum absolute atomic E-state index is 0.889. The molecule has 2 rings (SSSR count).